The lowest BCUT2D eigenvalue weighted by molar-refractivity contribution is -0.121. The topological polar surface area (TPSA) is 108 Å². The summed E-state index contributed by atoms with van der Waals surface area (Å²) in [6, 6.07) is 4.92. The van der Waals surface area contributed by atoms with E-state index in [1.54, 1.807) is 18.2 Å². The first kappa shape index (κ1) is 20.6. The van der Waals surface area contributed by atoms with E-state index >= 15 is 0 Å². The summed E-state index contributed by atoms with van der Waals surface area (Å²) in [5.41, 5.74) is 7.88. The fourth-order valence-electron chi connectivity index (χ4n) is 2.25. The number of aromatic hydroxyl groups is 1. The van der Waals surface area contributed by atoms with E-state index in [1.807, 2.05) is 25.2 Å². The number of hydrogen-bond acceptors (Lipinski definition) is 5. The number of amides is 1. The number of aliphatic hydroxyl groups is 1. The summed E-state index contributed by atoms with van der Waals surface area (Å²) >= 11 is 0. The van der Waals surface area contributed by atoms with E-state index in [0.717, 1.165) is 25.0 Å². The summed E-state index contributed by atoms with van der Waals surface area (Å²) < 4.78 is 0. The van der Waals surface area contributed by atoms with Crippen molar-refractivity contribution in [1.29, 1.82) is 0 Å². The van der Waals surface area contributed by atoms with Crippen molar-refractivity contribution < 1.29 is 15.0 Å². The Labute approximate surface area is 149 Å². The van der Waals surface area contributed by atoms with Crippen LogP contribution in [0.3, 0.4) is 0 Å². The molecule has 1 amide bonds. The van der Waals surface area contributed by atoms with Gasteiger partial charge in [-0.05, 0) is 37.5 Å². The summed E-state index contributed by atoms with van der Waals surface area (Å²) in [5.74, 6) is 0.182. The molecule has 0 fully saturated rings. The number of carbonyl (C=O) groups excluding carboxylic acids is 1. The molecule has 0 heterocycles. The number of allylic oxidation sites excluding steroid dienone is 2. The lowest BCUT2D eigenvalue weighted by Gasteiger charge is -2.11. The Kier molecular flexibility index (Phi) is 9.85. The first-order valence-corrected chi connectivity index (χ1v) is 8.62. The summed E-state index contributed by atoms with van der Waals surface area (Å²) in [5, 5.41) is 24.5. The van der Waals surface area contributed by atoms with Crippen molar-refractivity contribution in [3.63, 3.8) is 0 Å². The number of phenols is 1. The quantitative estimate of drug-likeness (QED) is 0.239. The van der Waals surface area contributed by atoms with Crippen molar-refractivity contribution in [2.24, 2.45) is 0 Å². The second kappa shape index (κ2) is 12.0. The molecular formula is C19H29N3O3. The van der Waals surface area contributed by atoms with Gasteiger partial charge in [0.25, 0.3) is 0 Å². The van der Waals surface area contributed by atoms with E-state index in [4.69, 9.17) is 10.8 Å². The van der Waals surface area contributed by atoms with Gasteiger partial charge in [-0.15, -0.1) is 0 Å². The fraction of sp³-hybridized carbons (Fsp3) is 0.421. The largest absolute Gasteiger partial charge is 0.507 e. The number of rotatable bonds is 11. The van der Waals surface area contributed by atoms with Crippen LogP contribution in [0.2, 0.25) is 0 Å². The molecule has 25 heavy (non-hydrogen) atoms. The minimum Gasteiger partial charge on any atom is -0.507 e. The highest BCUT2D eigenvalue weighted by atomic mass is 16.3. The lowest BCUT2D eigenvalue weighted by atomic mass is 10.1. The molecule has 0 spiro atoms. The number of nitrogens with one attached hydrogen (secondary N) is 2. The third kappa shape index (κ3) is 8.81. The van der Waals surface area contributed by atoms with Crippen molar-refractivity contribution in [3.05, 3.63) is 41.6 Å². The monoisotopic (exact) mass is 347 g/mol. The van der Waals surface area contributed by atoms with E-state index < -0.39 is 0 Å². The number of nitrogen functional groups attached to an aromatic ring is 1. The summed E-state index contributed by atoms with van der Waals surface area (Å²) in [7, 11) is 0. The van der Waals surface area contributed by atoms with Gasteiger partial charge in [0, 0.05) is 29.9 Å². The normalized spacial score (nSPS) is 11.7. The molecule has 0 aliphatic rings. The summed E-state index contributed by atoms with van der Waals surface area (Å²) in [6.45, 7) is 3.00. The second-order valence-electron chi connectivity index (χ2n) is 5.68. The molecule has 6 heteroatoms. The lowest BCUT2D eigenvalue weighted by Crippen LogP contribution is -2.31. The summed E-state index contributed by atoms with van der Waals surface area (Å²) in [4.78, 5) is 11.9. The van der Waals surface area contributed by atoms with E-state index in [0.29, 0.717) is 30.8 Å². The molecule has 1 aromatic carbocycles. The van der Waals surface area contributed by atoms with Crippen molar-refractivity contribution in [2.45, 2.75) is 32.6 Å². The second-order valence-corrected chi connectivity index (χ2v) is 5.68. The predicted octanol–water partition coefficient (Wildman–Crippen LogP) is 2.15. The SMILES string of the molecule is CC/C=C(\CNC(=O)CCC/C=C/c1cc(N)ccc1O)NCCO. The molecule has 0 aliphatic carbocycles. The van der Waals surface area contributed by atoms with Gasteiger partial charge < -0.3 is 26.6 Å². The van der Waals surface area contributed by atoms with Crippen molar-refractivity contribution in [3.8, 4) is 5.75 Å². The van der Waals surface area contributed by atoms with Gasteiger partial charge >= 0.3 is 0 Å². The van der Waals surface area contributed by atoms with Crippen molar-refractivity contribution >= 4 is 17.7 Å². The van der Waals surface area contributed by atoms with Gasteiger partial charge in [0.1, 0.15) is 5.75 Å². The van der Waals surface area contributed by atoms with Crippen LogP contribution in [0, 0.1) is 0 Å². The third-order valence-corrected chi connectivity index (χ3v) is 3.51. The maximum absolute atomic E-state index is 11.9. The molecule has 0 aliphatic heterocycles. The van der Waals surface area contributed by atoms with Crippen LogP contribution in [0.1, 0.15) is 38.2 Å². The maximum atomic E-state index is 11.9. The minimum absolute atomic E-state index is 0.00648. The number of aliphatic hydroxyl groups excluding tert-OH is 1. The van der Waals surface area contributed by atoms with E-state index in [-0.39, 0.29) is 18.3 Å². The highest BCUT2D eigenvalue weighted by molar-refractivity contribution is 5.76. The zero-order valence-corrected chi connectivity index (χ0v) is 14.8. The highest BCUT2D eigenvalue weighted by Crippen LogP contribution is 2.21. The van der Waals surface area contributed by atoms with E-state index in [9.17, 15) is 9.90 Å². The Bertz CT molecular complexity index is 598. The Morgan fingerprint density at radius 1 is 1.32 bits per heavy atom. The molecule has 0 saturated heterocycles. The number of unbranched alkanes of at least 4 members (excludes halogenated alkanes) is 1. The van der Waals surface area contributed by atoms with Gasteiger partial charge in [-0.3, -0.25) is 4.79 Å². The third-order valence-electron chi connectivity index (χ3n) is 3.51. The molecule has 0 bridgehead atoms. The number of phenolic OH excluding ortho intramolecular Hbond substituents is 1. The van der Waals surface area contributed by atoms with Crippen LogP contribution < -0.4 is 16.4 Å². The number of anilines is 1. The maximum Gasteiger partial charge on any atom is 0.220 e. The number of nitrogens with two attached hydrogens (primary N) is 1. The van der Waals surface area contributed by atoms with Gasteiger partial charge in [0.15, 0.2) is 0 Å². The van der Waals surface area contributed by atoms with Crippen molar-refractivity contribution in [1.82, 2.24) is 10.6 Å². The van der Waals surface area contributed by atoms with E-state index in [2.05, 4.69) is 10.6 Å². The van der Waals surface area contributed by atoms with Crippen LogP contribution in [0.4, 0.5) is 5.69 Å². The van der Waals surface area contributed by atoms with Gasteiger partial charge in [-0.1, -0.05) is 25.2 Å². The molecule has 0 radical (unpaired) electrons. The van der Waals surface area contributed by atoms with Crippen LogP contribution in [-0.2, 0) is 4.79 Å². The number of carbonyl (C=O) groups is 1. The molecule has 6 nitrogen and oxygen atoms in total. The smallest absolute Gasteiger partial charge is 0.220 e. The van der Waals surface area contributed by atoms with Gasteiger partial charge in [-0.2, -0.15) is 0 Å². The Balaban J connectivity index is 2.29. The fourth-order valence-corrected chi connectivity index (χ4v) is 2.25. The van der Waals surface area contributed by atoms with Gasteiger partial charge in [-0.25, -0.2) is 0 Å². The number of benzene rings is 1. The van der Waals surface area contributed by atoms with Crippen LogP contribution in [0.25, 0.3) is 6.08 Å². The molecule has 0 atom stereocenters. The molecular weight excluding hydrogens is 318 g/mol. The number of hydrogen-bond donors (Lipinski definition) is 5. The van der Waals surface area contributed by atoms with Crippen molar-refractivity contribution in [2.75, 3.05) is 25.4 Å². The van der Waals surface area contributed by atoms with Crippen LogP contribution in [0.5, 0.6) is 5.75 Å². The zero-order valence-electron chi connectivity index (χ0n) is 14.8. The van der Waals surface area contributed by atoms with Gasteiger partial charge in [0.2, 0.25) is 5.91 Å². The molecule has 138 valence electrons. The molecule has 1 aromatic rings. The standard InChI is InChI=1S/C19H29N3O3/c1-2-6-17(21-11-12-23)14-22-19(25)8-5-3-4-7-15-13-16(20)9-10-18(15)24/h4,6-7,9-10,13,21,23-24H,2-3,5,8,11-12,14,20H2,1H3,(H,22,25)/b7-4+,17-6+. The first-order chi connectivity index (χ1) is 12.1. The Hall–Kier alpha value is -2.47. The molecule has 0 saturated carbocycles. The predicted molar refractivity (Wildman–Crippen MR) is 102 cm³/mol. The van der Waals surface area contributed by atoms with Crippen LogP contribution in [0.15, 0.2) is 36.0 Å². The van der Waals surface area contributed by atoms with Gasteiger partial charge in [0.05, 0.1) is 13.2 Å². The molecule has 0 unspecified atom stereocenters. The average molecular weight is 347 g/mol. The molecule has 1 rings (SSSR count). The average Bonchev–Trinajstić information content (AvgIpc) is 2.60. The Morgan fingerprint density at radius 3 is 2.84 bits per heavy atom. The molecule has 6 N–H and O–H groups in total. The Morgan fingerprint density at radius 2 is 2.12 bits per heavy atom. The van der Waals surface area contributed by atoms with E-state index in [1.165, 1.54) is 0 Å². The summed E-state index contributed by atoms with van der Waals surface area (Å²) in [6.07, 6.45) is 8.50. The van der Waals surface area contributed by atoms with Crippen LogP contribution >= 0.6 is 0 Å². The zero-order chi connectivity index (χ0) is 18.5. The first-order valence-electron chi connectivity index (χ1n) is 8.62. The molecule has 0 aromatic heterocycles. The highest BCUT2D eigenvalue weighted by Gasteiger charge is 2.02. The minimum atomic E-state index is -0.00648. The van der Waals surface area contributed by atoms with Crippen LogP contribution in [-0.4, -0.2) is 35.8 Å².